The number of nitrogens with one attached hydrogen (secondary N) is 3. The highest BCUT2D eigenvalue weighted by atomic mass is 32.2. The molecule has 3 fully saturated rings. The number of aryl methyl sites for hydroxylation is 1. The Labute approximate surface area is 685 Å². The van der Waals surface area contributed by atoms with Crippen molar-refractivity contribution in [1.29, 1.82) is 0 Å². The molecular formula is C86H163N7O18S. The molecule has 1 saturated carbocycles. The van der Waals surface area contributed by atoms with Crippen molar-refractivity contribution in [3.63, 3.8) is 0 Å². The molecule has 1 aromatic carbocycles. The van der Waals surface area contributed by atoms with E-state index in [1.807, 2.05) is 96.9 Å². The molecule has 656 valence electrons. The fraction of sp³-hybridized carbons (Fsp3) is 0.698. The van der Waals surface area contributed by atoms with Crippen LogP contribution in [0.1, 0.15) is 295 Å². The van der Waals surface area contributed by atoms with E-state index in [1.54, 1.807) is 122 Å². The van der Waals surface area contributed by atoms with Gasteiger partial charge in [0.2, 0.25) is 23.6 Å². The van der Waals surface area contributed by atoms with Crippen LogP contribution in [-0.2, 0) is 92.5 Å². The number of hydrogen-bond acceptors (Lipinski definition) is 21. The van der Waals surface area contributed by atoms with E-state index < -0.39 is 0 Å². The van der Waals surface area contributed by atoms with Crippen molar-refractivity contribution in [2.45, 2.75) is 302 Å². The molecule has 2 saturated heterocycles. The Morgan fingerprint density at radius 1 is 0.616 bits per heavy atom. The van der Waals surface area contributed by atoms with E-state index in [2.05, 4.69) is 69.4 Å². The molecule has 0 spiro atoms. The lowest BCUT2D eigenvalue weighted by Gasteiger charge is -2.29. The van der Waals surface area contributed by atoms with E-state index >= 15 is 0 Å². The highest BCUT2D eigenvalue weighted by Gasteiger charge is 2.18. The molecule has 2 aliphatic heterocycles. The summed E-state index contributed by atoms with van der Waals surface area (Å²) in [5.74, 6) is 5.70. The average Bonchev–Trinajstić information content (AvgIpc) is 1.15. The SMILES string of the molecule is C=C1CCCN1C.CC(=O)CC1CCC1.CC(=O)Cc1ccccc1.CC(=O)N(C)C.CC(=O)N1CCC1.CC(=O)OC(C)(C)C.CC(C)=O.CC(C)=O.CC(C)C.CCC(=O)NC.CCC(C)=O.CCCC(C)=O.CCCC(C)=O.CCOC(C)=O.CNC(C)=O.COCCC(C)=O.CSCCC(C)=O.Cc1ncc[nH]1. The van der Waals surface area contributed by atoms with Gasteiger partial charge in [0.25, 0.3) is 0 Å². The van der Waals surface area contributed by atoms with Gasteiger partial charge in [-0.2, -0.15) is 11.8 Å². The van der Waals surface area contributed by atoms with Crippen molar-refractivity contribution in [2.75, 3.05) is 87.2 Å². The molecule has 3 heterocycles. The summed E-state index contributed by atoms with van der Waals surface area (Å²) >= 11 is 1.71. The first-order valence-electron chi connectivity index (χ1n) is 38.5. The number of H-pyrrole nitrogens is 1. The minimum absolute atomic E-state index is 0.00463. The minimum atomic E-state index is -0.328. The molecule has 2 aromatic rings. The number of imidazole rings is 1. The molecule has 3 aliphatic rings. The van der Waals surface area contributed by atoms with Gasteiger partial charge in [-0.1, -0.05) is 105 Å². The largest absolute Gasteiger partial charge is 0.466 e. The van der Waals surface area contributed by atoms with Gasteiger partial charge in [0, 0.05) is 166 Å². The highest BCUT2D eigenvalue weighted by Crippen LogP contribution is 2.29. The predicted octanol–water partition coefficient (Wildman–Crippen LogP) is 16.2. The fourth-order valence-electron chi connectivity index (χ4n) is 5.84. The van der Waals surface area contributed by atoms with Gasteiger partial charge >= 0.3 is 11.9 Å². The Kier molecular flexibility index (Phi) is 118. The summed E-state index contributed by atoms with van der Waals surface area (Å²) in [5, 5.41) is 4.86. The van der Waals surface area contributed by atoms with Gasteiger partial charge in [0.1, 0.15) is 63.5 Å². The number of carbonyl (C=O) groups is 15. The van der Waals surface area contributed by atoms with E-state index in [0.29, 0.717) is 44.7 Å². The molecule has 112 heavy (non-hydrogen) atoms. The molecule has 5 rings (SSSR count). The molecule has 0 atom stereocenters. The monoisotopic (exact) mass is 1610 g/mol. The van der Waals surface area contributed by atoms with Crippen molar-refractivity contribution in [1.82, 2.24) is 35.3 Å². The van der Waals surface area contributed by atoms with Crippen LogP contribution >= 0.6 is 11.8 Å². The number of esters is 2. The van der Waals surface area contributed by atoms with Crippen molar-refractivity contribution in [3.8, 4) is 0 Å². The molecule has 4 amide bonds. The molecule has 1 aromatic heterocycles. The van der Waals surface area contributed by atoms with Gasteiger partial charge < -0.3 is 73.3 Å². The molecule has 0 bridgehead atoms. The Hall–Kier alpha value is -7.87. The number of allylic oxidation sites excluding steroid dienone is 1. The maximum atomic E-state index is 10.6. The number of methoxy groups -OCH3 is 1. The Morgan fingerprint density at radius 2 is 1.03 bits per heavy atom. The quantitative estimate of drug-likeness (QED) is 0.124. The Bertz CT molecular complexity index is 2570. The molecular weight excluding hydrogens is 1450 g/mol. The van der Waals surface area contributed by atoms with E-state index in [4.69, 9.17) is 4.74 Å². The number of thioether (sulfide) groups is 1. The van der Waals surface area contributed by atoms with Crippen LogP contribution in [0.15, 0.2) is 55.0 Å². The van der Waals surface area contributed by atoms with Crippen LogP contribution in [0.4, 0.5) is 0 Å². The van der Waals surface area contributed by atoms with Crippen molar-refractivity contribution >= 4 is 99.4 Å². The number of hydrogen-bond donors (Lipinski definition) is 3. The molecule has 0 unspecified atom stereocenters. The lowest BCUT2D eigenvalue weighted by atomic mass is 9.82. The average molecular weight is 1620 g/mol. The number of Topliss-reactive ketones (excluding diaryl/α,β-unsaturated/α-hetero) is 9. The van der Waals surface area contributed by atoms with Crippen LogP contribution < -0.4 is 10.6 Å². The lowest BCUT2D eigenvalue weighted by Crippen LogP contribution is -2.40. The summed E-state index contributed by atoms with van der Waals surface area (Å²) < 4.78 is 13.8. The molecule has 3 N–H and O–H groups in total. The minimum Gasteiger partial charge on any atom is -0.466 e. The highest BCUT2D eigenvalue weighted by molar-refractivity contribution is 7.98. The number of aromatic nitrogens is 2. The zero-order valence-corrected chi connectivity index (χ0v) is 77.8. The van der Waals surface area contributed by atoms with Crippen molar-refractivity contribution < 1.29 is 86.1 Å². The van der Waals surface area contributed by atoms with Gasteiger partial charge in [-0.15, -0.1) is 0 Å². The summed E-state index contributed by atoms with van der Waals surface area (Å²) in [7, 11) is 10.4. The number of rotatable bonds is 17. The van der Waals surface area contributed by atoms with Crippen molar-refractivity contribution in [3.05, 3.63) is 66.4 Å². The third kappa shape index (κ3) is 185. The number of benzene rings is 1. The number of aromatic amines is 1. The summed E-state index contributed by atoms with van der Waals surface area (Å²) in [6.45, 7) is 56.2. The van der Waals surface area contributed by atoms with Crippen LogP contribution in [-0.4, -0.2) is 205 Å². The Balaban J connectivity index is -0.0000000846. The van der Waals surface area contributed by atoms with E-state index in [-0.39, 0.29) is 87.4 Å². The number of carbonyl (C=O) groups excluding carboxylic acids is 15. The van der Waals surface area contributed by atoms with Crippen LogP contribution in [0, 0.1) is 18.8 Å². The number of nitrogens with zero attached hydrogens (tertiary/aromatic N) is 4. The van der Waals surface area contributed by atoms with Gasteiger partial charge in [0.05, 0.1) is 13.2 Å². The third-order valence-corrected chi connectivity index (χ3v) is 12.5. The van der Waals surface area contributed by atoms with E-state index in [1.165, 1.54) is 111 Å². The predicted molar refractivity (Wildman–Crippen MR) is 463 cm³/mol. The third-order valence-electron chi connectivity index (χ3n) is 11.9. The van der Waals surface area contributed by atoms with Gasteiger partial charge in [0.15, 0.2) is 0 Å². The molecule has 0 radical (unpaired) electrons. The first-order valence-corrected chi connectivity index (χ1v) is 39.9. The normalized spacial score (nSPS) is 10.7. The second-order valence-corrected chi connectivity index (χ2v) is 28.5. The molecule has 26 heteroatoms. The maximum absolute atomic E-state index is 10.6. The lowest BCUT2D eigenvalue weighted by molar-refractivity contribution is -0.152. The first kappa shape index (κ1) is 133. The van der Waals surface area contributed by atoms with Crippen molar-refractivity contribution in [2.24, 2.45) is 11.8 Å². The number of ketones is 9. The Morgan fingerprint density at radius 3 is 1.12 bits per heavy atom. The second-order valence-electron chi connectivity index (χ2n) is 27.5. The van der Waals surface area contributed by atoms with E-state index in [0.717, 1.165) is 80.6 Å². The fourth-order valence-corrected chi connectivity index (χ4v) is 6.33. The van der Waals surface area contributed by atoms with Crippen LogP contribution in [0.3, 0.4) is 0 Å². The molecule has 1 aliphatic carbocycles. The van der Waals surface area contributed by atoms with Gasteiger partial charge in [-0.3, -0.25) is 43.2 Å². The summed E-state index contributed by atoms with van der Waals surface area (Å²) in [4.78, 5) is 163. The number of amides is 4. The standard InChI is InChI=1S/C9H10O.C7H12O.C6H11N.C6H12O2.C5H9NO.C5H10O2.C5H10OS.2C5H10O.C4H6N2.2C4H9NO.C4H8O2.C4H8O.C4H10.C3H7NO.2C3H6O/c1-8(10)7-9-5-3-2-4-6-9;1-6(8)5-7-3-2-4-7;1-6-4-3-5-7(6)2;1-5(7)8-6(2,3)4;1-5(7)6-3-2-4-6;2*1-5(6)3-4-7-2;2*1-3-4-5(2)6;1-4-5-2-3-6-4;1-4(6)5(2)3;1-3-4(6)5-2;1-3-6-4(2)5;1-3-4(2)5;1-4(2)3;1-3(5)4-2;2*1-3(2)4/h2-6H,7H2,1H3;7H,2-5H2,1H3;1,3-5H2,2H3;1-4H3;2-4H2,1H3;2*3-4H2,1-2H3;2*3-4H2,1-2H3;2-3H,1H3,(H,5,6);1-3H3;3H2,1-2H3,(H,5,6);3H2,1-2H3;3H2,1-2H3;4H,1-3H3;1-2H3,(H,4,5);2*1-2H3. The molecule has 25 nitrogen and oxygen atoms in total. The zero-order valence-electron chi connectivity index (χ0n) is 77.0. The number of ether oxygens (including phenoxy) is 3. The first-order chi connectivity index (χ1) is 51.5. The number of likely N-dealkylation sites (tertiary alicyclic amines) is 2. The van der Waals surface area contributed by atoms with Crippen LogP contribution in [0.2, 0.25) is 0 Å². The summed E-state index contributed by atoms with van der Waals surface area (Å²) in [5.41, 5.74) is 2.06. The van der Waals surface area contributed by atoms with Gasteiger partial charge in [-0.25, -0.2) is 4.98 Å². The zero-order chi connectivity index (χ0) is 90.9. The maximum Gasteiger partial charge on any atom is 0.303 e. The second kappa shape index (κ2) is 99.2. The smallest absolute Gasteiger partial charge is 0.303 e. The summed E-state index contributed by atoms with van der Waals surface area (Å²) in [6, 6.07) is 9.75. The van der Waals surface area contributed by atoms with E-state index in [9.17, 15) is 71.9 Å². The van der Waals surface area contributed by atoms with Crippen LogP contribution in [0.25, 0.3) is 0 Å². The van der Waals surface area contributed by atoms with Crippen LogP contribution in [0.5, 0.6) is 0 Å². The van der Waals surface area contributed by atoms with Gasteiger partial charge in [-0.05, 0) is 172 Å². The summed E-state index contributed by atoms with van der Waals surface area (Å²) in [6.07, 6.45) is 20.5. The topological polar surface area (TPSA) is 346 Å².